The van der Waals surface area contributed by atoms with E-state index in [0.717, 1.165) is 10.8 Å². The number of hydrogen-bond donors (Lipinski definition) is 2. The lowest BCUT2D eigenvalue weighted by Gasteiger charge is -2.19. The summed E-state index contributed by atoms with van der Waals surface area (Å²) in [6.45, 7) is 6.71. The Balaban J connectivity index is 2.29. The molecule has 0 aliphatic carbocycles. The van der Waals surface area contributed by atoms with Gasteiger partial charge in [-0.1, -0.05) is 45.0 Å². The van der Waals surface area contributed by atoms with Crippen LogP contribution < -0.4 is 5.32 Å². The molecular weight excluding hydrogens is 238 g/mol. The number of hydrogen-bond acceptors (Lipinski definition) is 2. The van der Waals surface area contributed by atoms with Crippen LogP contribution in [0.2, 0.25) is 0 Å². The molecule has 3 heteroatoms. The van der Waals surface area contributed by atoms with Gasteiger partial charge in [0.25, 0.3) is 5.91 Å². The highest BCUT2D eigenvalue weighted by molar-refractivity contribution is 6.01. The van der Waals surface area contributed by atoms with Crippen molar-refractivity contribution in [1.29, 1.82) is 0 Å². The van der Waals surface area contributed by atoms with E-state index in [1.54, 1.807) is 12.1 Å². The number of amides is 1. The van der Waals surface area contributed by atoms with Gasteiger partial charge in [-0.2, -0.15) is 0 Å². The second kappa shape index (κ2) is 4.92. The quantitative estimate of drug-likeness (QED) is 0.867. The molecule has 100 valence electrons. The SMILES string of the molecule is CC(C)(C)CNC(=O)c1cc2ccccc2cc1O. The minimum atomic E-state index is -0.238. The van der Waals surface area contributed by atoms with Gasteiger partial charge < -0.3 is 10.4 Å². The predicted molar refractivity (Wildman–Crippen MR) is 77.4 cm³/mol. The number of carbonyl (C=O) groups is 1. The molecule has 0 unspecified atom stereocenters. The summed E-state index contributed by atoms with van der Waals surface area (Å²) in [5.41, 5.74) is 0.338. The van der Waals surface area contributed by atoms with Crippen LogP contribution in [0.1, 0.15) is 31.1 Å². The van der Waals surface area contributed by atoms with E-state index in [4.69, 9.17) is 0 Å². The van der Waals surface area contributed by atoms with E-state index >= 15 is 0 Å². The summed E-state index contributed by atoms with van der Waals surface area (Å²) in [7, 11) is 0. The van der Waals surface area contributed by atoms with E-state index in [1.807, 2.05) is 45.0 Å². The van der Waals surface area contributed by atoms with Crippen molar-refractivity contribution in [3.63, 3.8) is 0 Å². The molecule has 2 aromatic carbocycles. The van der Waals surface area contributed by atoms with Crippen LogP contribution in [-0.4, -0.2) is 17.6 Å². The summed E-state index contributed by atoms with van der Waals surface area (Å²) in [5, 5.41) is 14.7. The average molecular weight is 257 g/mol. The van der Waals surface area contributed by atoms with Crippen molar-refractivity contribution in [3.8, 4) is 5.75 Å². The first-order valence-corrected chi connectivity index (χ1v) is 6.37. The number of carbonyl (C=O) groups excluding carboxylic acids is 1. The highest BCUT2D eigenvalue weighted by Gasteiger charge is 2.16. The Bertz CT molecular complexity index is 612. The van der Waals surface area contributed by atoms with E-state index in [9.17, 15) is 9.90 Å². The number of benzene rings is 2. The molecule has 0 spiro atoms. The summed E-state index contributed by atoms with van der Waals surface area (Å²) in [6.07, 6.45) is 0. The molecule has 0 saturated carbocycles. The molecule has 0 saturated heterocycles. The predicted octanol–water partition coefficient (Wildman–Crippen LogP) is 3.32. The summed E-state index contributed by atoms with van der Waals surface area (Å²) >= 11 is 0. The van der Waals surface area contributed by atoms with E-state index < -0.39 is 0 Å². The standard InChI is InChI=1S/C16H19NO2/c1-16(2,3)10-17-15(19)13-8-11-6-4-5-7-12(11)9-14(13)18/h4-9,18H,10H2,1-3H3,(H,17,19). The molecule has 3 nitrogen and oxygen atoms in total. The first kappa shape index (κ1) is 13.4. The van der Waals surface area contributed by atoms with Crippen molar-refractivity contribution in [3.05, 3.63) is 42.0 Å². The Morgan fingerprint density at radius 1 is 1.16 bits per heavy atom. The monoisotopic (exact) mass is 257 g/mol. The van der Waals surface area contributed by atoms with Crippen LogP contribution in [0.5, 0.6) is 5.75 Å². The maximum absolute atomic E-state index is 12.1. The molecular formula is C16H19NO2. The van der Waals surface area contributed by atoms with E-state index in [1.165, 1.54) is 0 Å². The molecule has 0 atom stereocenters. The fraction of sp³-hybridized carbons (Fsp3) is 0.312. The number of rotatable bonds is 2. The van der Waals surface area contributed by atoms with Gasteiger partial charge in [0, 0.05) is 6.54 Å². The van der Waals surface area contributed by atoms with Crippen LogP contribution in [0.25, 0.3) is 10.8 Å². The number of phenolic OH excluding ortho intramolecular Hbond substituents is 1. The zero-order valence-corrected chi connectivity index (χ0v) is 11.5. The van der Waals surface area contributed by atoms with Crippen molar-refractivity contribution < 1.29 is 9.90 Å². The summed E-state index contributed by atoms with van der Waals surface area (Å²) < 4.78 is 0. The summed E-state index contributed by atoms with van der Waals surface area (Å²) in [6, 6.07) is 11.0. The molecule has 19 heavy (non-hydrogen) atoms. The van der Waals surface area contributed by atoms with Crippen molar-refractivity contribution in [1.82, 2.24) is 5.32 Å². The number of phenols is 1. The second-order valence-corrected chi connectivity index (χ2v) is 5.96. The molecule has 0 radical (unpaired) electrons. The van der Waals surface area contributed by atoms with Crippen molar-refractivity contribution in [2.75, 3.05) is 6.54 Å². The number of fused-ring (bicyclic) bond motifs is 1. The lowest BCUT2D eigenvalue weighted by Crippen LogP contribution is -2.32. The zero-order chi connectivity index (χ0) is 14.0. The Hall–Kier alpha value is -2.03. The van der Waals surface area contributed by atoms with Crippen LogP contribution in [0.4, 0.5) is 0 Å². The fourth-order valence-corrected chi connectivity index (χ4v) is 1.85. The number of nitrogens with one attached hydrogen (secondary N) is 1. The third kappa shape index (κ3) is 3.25. The van der Waals surface area contributed by atoms with Gasteiger partial charge in [0.15, 0.2) is 0 Å². The normalized spacial score (nSPS) is 11.5. The smallest absolute Gasteiger partial charge is 0.255 e. The van der Waals surface area contributed by atoms with Crippen LogP contribution in [0.3, 0.4) is 0 Å². The topological polar surface area (TPSA) is 49.3 Å². The molecule has 0 aliphatic heterocycles. The lowest BCUT2D eigenvalue weighted by atomic mass is 9.96. The highest BCUT2D eigenvalue weighted by atomic mass is 16.3. The second-order valence-electron chi connectivity index (χ2n) is 5.96. The van der Waals surface area contributed by atoms with Crippen molar-refractivity contribution in [2.45, 2.75) is 20.8 Å². The van der Waals surface area contributed by atoms with Gasteiger partial charge in [0.05, 0.1) is 5.56 Å². The van der Waals surface area contributed by atoms with E-state index in [2.05, 4.69) is 5.32 Å². The first-order valence-electron chi connectivity index (χ1n) is 6.37. The molecule has 0 aliphatic rings. The molecule has 0 fully saturated rings. The van der Waals surface area contributed by atoms with Gasteiger partial charge >= 0.3 is 0 Å². The van der Waals surface area contributed by atoms with E-state index in [0.29, 0.717) is 12.1 Å². The van der Waals surface area contributed by atoms with Crippen LogP contribution in [-0.2, 0) is 0 Å². The van der Waals surface area contributed by atoms with Crippen LogP contribution >= 0.6 is 0 Å². The van der Waals surface area contributed by atoms with Crippen molar-refractivity contribution in [2.24, 2.45) is 5.41 Å². The Morgan fingerprint density at radius 2 is 1.74 bits per heavy atom. The number of aromatic hydroxyl groups is 1. The fourth-order valence-electron chi connectivity index (χ4n) is 1.85. The van der Waals surface area contributed by atoms with Gasteiger partial charge in [0.1, 0.15) is 5.75 Å². The molecule has 0 heterocycles. The largest absolute Gasteiger partial charge is 0.507 e. The third-order valence-electron chi connectivity index (χ3n) is 2.89. The van der Waals surface area contributed by atoms with E-state index in [-0.39, 0.29) is 17.1 Å². The van der Waals surface area contributed by atoms with Crippen molar-refractivity contribution >= 4 is 16.7 Å². The molecule has 0 aromatic heterocycles. The third-order valence-corrected chi connectivity index (χ3v) is 2.89. The summed E-state index contributed by atoms with van der Waals surface area (Å²) in [5.74, 6) is -0.219. The molecule has 1 amide bonds. The van der Waals surface area contributed by atoms with Gasteiger partial charge in [0.2, 0.25) is 0 Å². The van der Waals surface area contributed by atoms with Gasteiger partial charge in [-0.25, -0.2) is 0 Å². The zero-order valence-electron chi connectivity index (χ0n) is 11.5. The maximum atomic E-state index is 12.1. The molecule has 2 N–H and O–H groups in total. The van der Waals surface area contributed by atoms with Crippen LogP contribution in [0, 0.1) is 5.41 Å². The molecule has 0 bridgehead atoms. The molecule has 2 rings (SSSR count). The van der Waals surface area contributed by atoms with Gasteiger partial charge in [-0.05, 0) is 28.3 Å². The van der Waals surface area contributed by atoms with Gasteiger partial charge in [-0.15, -0.1) is 0 Å². The first-order chi connectivity index (χ1) is 8.87. The average Bonchev–Trinajstić information content (AvgIpc) is 2.34. The highest BCUT2D eigenvalue weighted by Crippen LogP contribution is 2.25. The Kier molecular flexibility index (Phi) is 3.47. The summed E-state index contributed by atoms with van der Waals surface area (Å²) in [4.78, 5) is 12.1. The minimum Gasteiger partial charge on any atom is -0.507 e. The lowest BCUT2D eigenvalue weighted by molar-refractivity contribution is 0.0937. The van der Waals surface area contributed by atoms with Crippen LogP contribution in [0.15, 0.2) is 36.4 Å². The maximum Gasteiger partial charge on any atom is 0.255 e. The molecule has 2 aromatic rings. The van der Waals surface area contributed by atoms with Gasteiger partial charge in [-0.3, -0.25) is 4.79 Å². The minimum absolute atomic E-state index is 0.0160. The Morgan fingerprint density at radius 3 is 2.32 bits per heavy atom. The Labute approximate surface area is 113 Å².